The summed E-state index contributed by atoms with van der Waals surface area (Å²) in [6.07, 6.45) is 3.39. The molecule has 0 N–H and O–H groups in total. The minimum atomic E-state index is -0.541. The number of benzene rings is 8. The number of hydrogen-bond donors (Lipinski definition) is 0. The molecule has 1 aromatic heterocycles. The fraction of sp³-hybridized carbons (Fsp3) is 0.0741. The number of rotatable bonds is 4. The van der Waals surface area contributed by atoms with E-state index in [2.05, 4.69) is 176 Å². The van der Waals surface area contributed by atoms with E-state index in [4.69, 9.17) is 14.7 Å². The lowest BCUT2D eigenvalue weighted by atomic mass is 9.65. The van der Waals surface area contributed by atoms with Gasteiger partial charge in [0.05, 0.1) is 16.8 Å². The van der Waals surface area contributed by atoms with Crippen LogP contribution in [0.25, 0.3) is 66.9 Å². The van der Waals surface area contributed by atoms with Gasteiger partial charge < -0.3 is 4.74 Å². The Morgan fingerprint density at radius 2 is 1.05 bits per heavy atom. The molecule has 1 aliphatic heterocycles. The molecule has 57 heavy (non-hydrogen) atoms. The van der Waals surface area contributed by atoms with Gasteiger partial charge in [-0.3, -0.25) is 0 Å². The Balaban J connectivity index is 1.07. The van der Waals surface area contributed by atoms with Crippen molar-refractivity contribution in [2.45, 2.75) is 24.7 Å². The third-order valence-corrected chi connectivity index (χ3v) is 12.5. The van der Waals surface area contributed by atoms with Crippen LogP contribution in [0.3, 0.4) is 0 Å². The highest BCUT2D eigenvalue weighted by Gasteiger charge is 2.51. The van der Waals surface area contributed by atoms with Gasteiger partial charge in [-0.1, -0.05) is 146 Å². The van der Waals surface area contributed by atoms with Crippen LogP contribution < -0.4 is 4.74 Å². The van der Waals surface area contributed by atoms with Gasteiger partial charge in [0, 0.05) is 27.8 Å². The molecule has 0 atom stereocenters. The zero-order valence-corrected chi connectivity index (χ0v) is 31.2. The molecule has 3 nitrogen and oxygen atoms in total. The molecular weight excluding hydrogens is 693 g/mol. The fourth-order valence-electron chi connectivity index (χ4n) is 10.1. The normalized spacial score (nSPS) is 14.0. The molecule has 12 rings (SSSR count). The maximum atomic E-state index is 6.77. The van der Waals surface area contributed by atoms with Crippen LogP contribution in [0.2, 0.25) is 0 Å². The molecule has 3 aliphatic rings. The van der Waals surface area contributed by atoms with Crippen molar-refractivity contribution in [3.63, 3.8) is 0 Å². The van der Waals surface area contributed by atoms with Crippen LogP contribution in [0.5, 0.6) is 11.5 Å². The first-order valence-corrected chi connectivity index (χ1v) is 19.9. The standard InChI is InChI=1S/C54H36N2O/c1-2-14-35(15-3-1)53-55-48(39-30-37-18-12-16-34-17-13-19-38(31-39)52(34)37)33-49(56-53)43-23-5-4-20-40(43)36-28-29-51-47(32-36)54(46-26-10-11-27-50(46)57-51)44-24-8-6-21-41(44)42-22-7-9-25-45(42)54/h1-12,14-16,18,20-33H,13,17,19H2. The van der Waals surface area contributed by atoms with Crippen LogP contribution >= 0.6 is 0 Å². The number of para-hydroxylation sites is 1. The van der Waals surface area contributed by atoms with Gasteiger partial charge in [-0.05, 0) is 111 Å². The van der Waals surface area contributed by atoms with E-state index in [0.717, 1.165) is 74.7 Å². The van der Waals surface area contributed by atoms with E-state index in [1.165, 1.54) is 50.6 Å². The molecular formula is C54H36N2O. The van der Waals surface area contributed by atoms with Crippen molar-refractivity contribution in [2.24, 2.45) is 0 Å². The van der Waals surface area contributed by atoms with Gasteiger partial charge in [0.15, 0.2) is 5.82 Å². The molecule has 268 valence electrons. The molecule has 8 aromatic carbocycles. The first-order chi connectivity index (χ1) is 28.2. The lowest BCUT2D eigenvalue weighted by Gasteiger charge is -2.39. The van der Waals surface area contributed by atoms with Gasteiger partial charge in [0.2, 0.25) is 0 Å². The summed E-state index contributed by atoms with van der Waals surface area (Å²) in [6.45, 7) is 0. The summed E-state index contributed by atoms with van der Waals surface area (Å²) in [6, 6.07) is 65.7. The topological polar surface area (TPSA) is 35.0 Å². The molecule has 1 spiro atoms. The molecule has 0 bridgehead atoms. The lowest BCUT2D eigenvalue weighted by molar-refractivity contribution is 0.436. The molecule has 0 amide bonds. The summed E-state index contributed by atoms with van der Waals surface area (Å²) in [7, 11) is 0. The second-order valence-electron chi connectivity index (χ2n) is 15.5. The van der Waals surface area contributed by atoms with Crippen molar-refractivity contribution in [1.82, 2.24) is 9.97 Å². The third-order valence-electron chi connectivity index (χ3n) is 12.5. The molecule has 0 unspecified atom stereocenters. The monoisotopic (exact) mass is 728 g/mol. The van der Waals surface area contributed by atoms with Crippen LogP contribution in [-0.4, -0.2) is 9.97 Å². The van der Waals surface area contributed by atoms with Crippen molar-refractivity contribution in [3.8, 4) is 67.7 Å². The maximum Gasteiger partial charge on any atom is 0.160 e. The summed E-state index contributed by atoms with van der Waals surface area (Å²) in [5.41, 5.74) is 16.9. The van der Waals surface area contributed by atoms with Gasteiger partial charge in [-0.25, -0.2) is 9.97 Å². The highest BCUT2D eigenvalue weighted by Crippen LogP contribution is 2.62. The van der Waals surface area contributed by atoms with Crippen LogP contribution in [0.4, 0.5) is 0 Å². The van der Waals surface area contributed by atoms with E-state index < -0.39 is 5.41 Å². The lowest BCUT2D eigenvalue weighted by Crippen LogP contribution is -2.32. The van der Waals surface area contributed by atoms with E-state index in [-0.39, 0.29) is 0 Å². The highest BCUT2D eigenvalue weighted by molar-refractivity contribution is 5.94. The first kappa shape index (κ1) is 32.2. The van der Waals surface area contributed by atoms with Gasteiger partial charge in [-0.2, -0.15) is 0 Å². The summed E-state index contributed by atoms with van der Waals surface area (Å²) in [5, 5.41) is 2.70. The molecule has 0 saturated carbocycles. The molecule has 0 fully saturated rings. The molecule has 2 heterocycles. The van der Waals surface area contributed by atoms with Crippen molar-refractivity contribution in [2.75, 3.05) is 0 Å². The average molecular weight is 729 g/mol. The molecule has 0 radical (unpaired) electrons. The van der Waals surface area contributed by atoms with Gasteiger partial charge in [0.1, 0.15) is 11.5 Å². The maximum absolute atomic E-state index is 6.77. The fourth-order valence-corrected chi connectivity index (χ4v) is 10.1. The van der Waals surface area contributed by atoms with Gasteiger partial charge in [0.25, 0.3) is 0 Å². The summed E-state index contributed by atoms with van der Waals surface area (Å²) < 4.78 is 6.77. The minimum Gasteiger partial charge on any atom is -0.457 e. The van der Waals surface area contributed by atoms with Crippen LogP contribution in [-0.2, 0) is 18.3 Å². The van der Waals surface area contributed by atoms with E-state index in [0.29, 0.717) is 5.82 Å². The Labute approximate surface area is 332 Å². The Hall–Kier alpha value is -7.10. The molecule has 2 aliphatic carbocycles. The van der Waals surface area contributed by atoms with Crippen LogP contribution in [0.15, 0.2) is 182 Å². The Kier molecular flexibility index (Phi) is 7.03. The van der Waals surface area contributed by atoms with Crippen molar-refractivity contribution >= 4 is 10.8 Å². The van der Waals surface area contributed by atoms with E-state index in [1.54, 1.807) is 0 Å². The number of aromatic nitrogens is 2. The Morgan fingerprint density at radius 1 is 0.404 bits per heavy atom. The number of aryl methyl sites for hydroxylation is 2. The van der Waals surface area contributed by atoms with Crippen LogP contribution in [0.1, 0.15) is 39.8 Å². The Bertz CT molecular complexity index is 3040. The minimum absolute atomic E-state index is 0.541. The summed E-state index contributed by atoms with van der Waals surface area (Å²) in [5.74, 6) is 2.49. The zero-order valence-electron chi connectivity index (χ0n) is 31.2. The third kappa shape index (κ3) is 4.79. The number of hydrogen-bond acceptors (Lipinski definition) is 3. The van der Waals surface area contributed by atoms with Crippen molar-refractivity contribution in [3.05, 3.63) is 215 Å². The summed E-state index contributed by atoms with van der Waals surface area (Å²) >= 11 is 0. The number of fused-ring (bicyclic) bond motifs is 9. The first-order valence-electron chi connectivity index (χ1n) is 19.9. The second kappa shape index (κ2) is 12.5. The highest BCUT2D eigenvalue weighted by atomic mass is 16.5. The van der Waals surface area contributed by atoms with Gasteiger partial charge in [-0.15, -0.1) is 0 Å². The largest absolute Gasteiger partial charge is 0.457 e. The predicted molar refractivity (Wildman–Crippen MR) is 231 cm³/mol. The predicted octanol–water partition coefficient (Wildman–Crippen LogP) is 13.3. The Morgan fingerprint density at radius 3 is 1.86 bits per heavy atom. The molecule has 0 saturated heterocycles. The van der Waals surface area contributed by atoms with E-state index in [9.17, 15) is 0 Å². The van der Waals surface area contributed by atoms with Crippen molar-refractivity contribution in [1.29, 1.82) is 0 Å². The SMILES string of the molecule is c1ccc(-c2nc(-c3cc4c5c(cccc5c3)CCC4)cc(-c3ccccc3-c3ccc4c(c3)C3(c5ccccc5O4)c4ccccc4-c4ccccc43)n2)cc1. The van der Waals surface area contributed by atoms with Crippen LogP contribution in [0, 0.1) is 0 Å². The van der Waals surface area contributed by atoms with E-state index >= 15 is 0 Å². The molecule has 9 aromatic rings. The average Bonchev–Trinajstić information content (AvgIpc) is 3.57. The number of ether oxygens (including phenoxy) is 1. The number of nitrogens with zero attached hydrogens (tertiary/aromatic N) is 2. The van der Waals surface area contributed by atoms with E-state index in [1.807, 2.05) is 6.07 Å². The van der Waals surface area contributed by atoms with Crippen molar-refractivity contribution < 1.29 is 4.74 Å². The smallest absolute Gasteiger partial charge is 0.160 e. The van der Waals surface area contributed by atoms with Gasteiger partial charge >= 0.3 is 0 Å². The summed E-state index contributed by atoms with van der Waals surface area (Å²) in [4.78, 5) is 10.6. The molecule has 3 heteroatoms. The second-order valence-corrected chi connectivity index (χ2v) is 15.5. The zero-order chi connectivity index (χ0) is 37.5. The quantitative estimate of drug-likeness (QED) is 0.181.